The molecule has 0 radical (unpaired) electrons. The molecule has 1 aromatic rings. The van der Waals surface area contributed by atoms with E-state index in [9.17, 15) is 0 Å². The van der Waals surface area contributed by atoms with Gasteiger partial charge in [0.1, 0.15) is 0 Å². The highest BCUT2D eigenvalue weighted by atomic mass is 16.5. The quantitative estimate of drug-likeness (QED) is 0.789. The number of nitrogens with zero attached hydrogens (tertiary/aromatic N) is 2. The van der Waals surface area contributed by atoms with Crippen molar-refractivity contribution in [2.75, 3.05) is 38.1 Å². The van der Waals surface area contributed by atoms with Crippen LogP contribution in [0.2, 0.25) is 0 Å². The molecular weight excluding hydrogens is 312 g/mol. The second kappa shape index (κ2) is 6.90. The summed E-state index contributed by atoms with van der Waals surface area (Å²) >= 11 is 0. The Balaban J connectivity index is 1.48. The van der Waals surface area contributed by atoms with Crippen molar-refractivity contribution in [2.24, 2.45) is 0 Å². The number of anilines is 1. The van der Waals surface area contributed by atoms with Gasteiger partial charge in [0.2, 0.25) is 0 Å². The predicted octanol–water partition coefficient (Wildman–Crippen LogP) is 3.34. The zero-order chi connectivity index (χ0) is 18.2. The minimum absolute atomic E-state index is 0.0541. The SMILES string of the molecule is CN1CC(OC(C)(C)Cc2ccc(N3CC(OC(C)(C)C)C3)cc2)C1. The molecule has 2 heterocycles. The summed E-state index contributed by atoms with van der Waals surface area (Å²) in [7, 11) is 2.14. The molecule has 2 aliphatic heterocycles. The third-order valence-corrected chi connectivity index (χ3v) is 4.82. The van der Waals surface area contributed by atoms with Crippen molar-refractivity contribution in [3.63, 3.8) is 0 Å². The maximum absolute atomic E-state index is 6.25. The lowest BCUT2D eigenvalue weighted by Crippen LogP contribution is -2.54. The highest BCUT2D eigenvalue weighted by Gasteiger charge is 2.32. The predicted molar refractivity (Wildman–Crippen MR) is 103 cm³/mol. The summed E-state index contributed by atoms with van der Waals surface area (Å²) in [6, 6.07) is 8.95. The average molecular weight is 347 g/mol. The van der Waals surface area contributed by atoms with E-state index >= 15 is 0 Å². The summed E-state index contributed by atoms with van der Waals surface area (Å²) in [5.74, 6) is 0. The zero-order valence-corrected chi connectivity index (χ0v) is 16.7. The Hall–Kier alpha value is -1.10. The number of ether oxygens (including phenoxy) is 2. The van der Waals surface area contributed by atoms with Crippen LogP contribution in [0.15, 0.2) is 24.3 Å². The van der Waals surface area contributed by atoms with Gasteiger partial charge >= 0.3 is 0 Å². The summed E-state index contributed by atoms with van der Waals surface area (Å²) in [5.41, 5.74) is 2.46. The standard InChI is InChI=1S/C21H34N2O2/c1-20(2,3)24-19-14-23(15-19)17-9-7-16(8-10-17)11-21(4,5)25-18-12-22(6)13-18/h7-10,18-19H,11-15H2,1-6H3. The van der Waals surface area contributed by atoms with E-state index in [0.29, 0.717) is 12.2 Å². The molecule has 0 spiro atoms. The fraction of sp³-hybridized carbons (Fsp3) is 0.714. The van der Waals surface area contributed by atoms with E-state index in [1.165, 1.54) is 11.3 Å². The first-order chi connectivity index (χ1) is 11.6. The number of benzene rings is 1. The summed E-state index contributed by atoms with van der Waals surface area (Å²) in [5, 5.41) is 0. The van der Waals surface area contributed by atoms with Crippen molar-refractivity contribution in [3.8, 4) is 0 Å². The van der Waals surface area contributed by atoms with Gasteiger partial charge in [0, 0.05) is 38.3 Å². The van der Waals surface area contributed by atoms with Crippen LogP contribution in [-0.2, 0) is 15.9 Å². The Morgan fingerprint density at radius 3 is 1.96 bits per heavy atom. The first kappa shape index (κ1) is 18.7. The molecule has 2 saturated heterocycles. The normalized spacial score (nSPS) is 20.5. The Labute approximate surface area is 153 Å². The number of likely N-dealkylation sites (tertiary alicyclic amines) is 1. The Bertz CT molecular complexity index is 565. The molecule has 0 aromatic heterocycles. The van der Waals surface area contributed by atoms with E-state index in [4.69, 9.17) is 9.47 Å². The summed E-state index contributed by atoms with van der Waals surface area (Å²) in [6.07, 6.45) is 1.69. The zero-order valence-electron chi connectivity index (χ0n) is 16.7. The second-order valence-corrected chi connectivity index (χ2v) is 9.32. The molecule has 4 nitrogen and oxygen atoms in total. The lowest BCUT2D eigenvalue weighted by Gasteiger charge is -2.43. The van der Waals surface area contributed by atoms with Gasteiger partial charge in [0.25, 0.3) is 0 Å². The molecule has 2 fully saturated rings. The molecule has 0 unspecified atom stereocenters. The maximum Gasteiger partial charge on any atom is 0.0931 e. The second-order valence-electron chi connectivity index (χ2n) is 9.32. The van der Waals surface area contributed by atoms with Gasteiger partial charge in [-0.1, -0.05) is 12.1 Å². The minimum Gasteiger partial charge on any atom is -0.369 e. The molecule has 0 amide bonds. The van der Waals surface area contributed by atoms with Crippen molar-refractivity contribution >= 4 is 5.69 Å². The van der Waals surface area contributed by atoms with E-state index in [1.54, 1.807) is 0 Å². The van der Waals surface area contributed by atoms with Crippen LogP contribution in [0.4, 0.5) is 5.69 Å². The van der Waals surface area contributed by atoms with Crippen LogP contribution < -0.4 is 4.90 Å². The molecule has 0 atom stereocenters. The first-order valence-corrected chi connectivity index (χ1v) is 9.48. The number of hydrogen-bond donors (Lipinski definition) is 0. The Morgan fingerprint density at radius 1 is 0.880 bits per heavy atom. The number of likely N-dealkylation sites (N-methyl/N-ethyl adjacent to an activating group) is 1. The molecule has 2 aliphatic rings. The third-order valence-electron chi connectivity index (χ3n) is 4.82. The van der Waals surface area contributed by atoms with E-state index in [-0.39, 0.29) is 11.2 Å². The molecule has 1 aromatic carbocycles. The monoisotopic (exact) mass is 346 g/mol. The fourth-order valence-corrected chi connectivity index (χ4v) is 3.75. The largest absolute Gasteiger partial charge is 0.369 e. The summed E-state index contributed by atoms with van der Waals surface area (Å²) in [6.45, 7) is 14.8. The fourth-order valence-electron chi connectivity index (χ4n) is 3.75. The van der Waals surface area contributed by atoms with Gasteiger partial charge in [-0.2, -0.15) is 0 Å². The van der Waals surface area contributed by atoms with E-state index in [1.807, 2.05) is 0 Å². The Morgan fingerprint density at radius 2 is 1.44 bits per heavy atom. The molecule has 0 saturated carbocycles. The van der Waals surface area contributed by atoms with Gasteiger partial charge in [-0.25, -0.2) is 0 Å². The van der Waals surface area contributed by atoms with E-state index < -0.39 is 0 Å². The van der Waals surface area contributed by atoms with Gasteiger partial charge in [-0.15, -0.1) is 0 Å². The lowest BCUT2D eigenvalue weighted by atomic mass is 9.97. The van der Waals surface area contributed by atoms with E-state index in [0.717, 1.165) is 32.6 Å². The van der Waals surface area contributed by atoms with Crippen molar-refractivity contribution in [2.45, 2.75) is 64.4 Å². The third kappa shape index (κ3) is 5.19. The molecule has 0 aliphatic carbocycles. The van der Waals surface area contributed by atoms with Crippen LogP contribution in [0.5, 0.6) is 0 Å². The van der Waals surface area contributed by atoms with Gasteiger partial charge in [-0.05, 0) is 59.4 Å². The highest BCUT2D eigenvalue weighted by Crippen LogP contribution is 2.27. The van der Waals surface area contributed by atoms with Gasteiger partial charge in [0.05, 0.1) is 23.4 Å². The minimum atomic E-state index is -0.115. The van der Waals surface area contributed by atoms with Crippen LogP contribution in [0, 0.1) is 0 Å². The van der Waals surface area contributed by atoms with Gasteiger partial charge in [0.15, 0.2) is 0 Å². The van der Waals surface area contributed by atoms with Crippen LogP contribution in [0.3, 0.4) is 0 Å². The maximum atomic E-state index is 6.25. The Kier molecular flexibility index (Phi) is 5.16. The highest BCUT2D eigenvalue weighted by molar-refractivity contribution is 5.50. The first-order valence-electron chi connectivity index (χ1n) is 9.48. The smallest absolute Gasteiger partial charge is 0.0931 e. The van der Waals surface area contributed by atoms with Crippen molar-refractivity contribution in [3.05, 3.63) is 29.8 Å². The molecule has 0 bridgehead atoms. The van der Waals surface area contributed by atoms with Crippen molar-refractivity contribution < 1.29 is 9.47 Å². The topological polar surface area (TPSA) is 24.9 Å². The summed E-state index contributed by atoms with van der Waals surface area (Å²) < 4.78 is 12.3. The van der Waals surface area contributed by atoms with Crippen LogP contribution >= 0.6 is 0 Å². The molecular formula is C21H34N2O2. The molecule has 0 N–H and O–H groups in total. The van der Waals surface area contributed by atoms with Gasteiger partial charge in [-0.3, -0.25) is 0 Å². The molecule has 25 heavy (non-hydrogen) atoms. The van der Waals surface area contributed by atoms with E-state index in [2.05, 4.69) is 75.7 Å². The summed E-state index contributed by atoms with van der Waals surface area (Å²) in [4.78, 5) is 4.67. The number of rotatable bonds is 6. The van der Waals surface area contributed by atoms with Gasteiger partial charge < -0.3 is 19.3 Å². The number of hydrogen-bond acceptors (Lipinski definition) is 4. The van der Waals surface area contributed by atoms with Crippen LogP contribution in [0.1, 0.15) is 40.2 Å². The van der Waals surface area contributed by atoms with Crippen LogP contribution in [-0.4, -0.2) is 61.5 Å². The molecule has 4 heteroatoms. The molecule has 140 valence electrons. The van der Waals surface area contributed by atoms with Crippen molar-refractivity contribution in [1.29, 1.82) is 0 Å². The van der Waals surface area contributed by atoms with Crippen molar-refractivity contribution in [1.82, 2.24) is 4.90 Å². The lowest BCUT2D eigenvalue weighted by molar-refractivity contribution is -0.125. The van der Waals surface area contributed by atoms with Crippen LogP contribution in [0.25, 0.3) is 0 Å². The molecule has 3 rings (SSSR count). The average Bonchev–Trinajstić information content (AvgIpc) is 2.40.